The third kappa shape index (κ3) is 5.18. The number of nitrogens with zero attached hydrogens (tertiary/aromatic N) is 2. The van der Waals surface area contributed by atoms with Crippen LogP contribution >= 0.6 is 11.6 Å². The number of halogens is 1. The Balaban J connectivity index is 1.34. The quantitative estimate of drug-likeness (QED) is 0.848. The Morgan fingerprint density at radius 1 is 1.21 bits per heavy atom. The predicted molar refractivity (Wildman–Crippen MR) is 95.2 cm³/mol. The van der Waals surface area contributed by atoms with Crippen molar-refractivity contribution in [2.24, 2.45) is 0 Å². The molecular weight excluding hydrogens is 326 g/mol. The van der Waals surface area contributed by atoms with Gasteiger partial charge < -0.3 is 15.0 Å². The lowest BCUT2D eigenvalue weighted by Gasteiger charge is -2.35. The zero-order chi connectivity index (χ0) is 16.8. The molecule has 0 radical (unpaired) electrons. The van der Waals surface area contributed by atoms with Crippen LogP contribution in [0.4, 0.5) is 0 Å². The fourth-order valence-electron chi connectivity index (χ4n) is 3.26. The number of amides is 1. The van der Waals surface area contributed by atoms with Crippen LogP contribution in [-0.2, 0) is 16.1 Å². The van der Waals surface area contributed by atoms with Gasteiger partial charge in [-0.25, -0.2) is 0 Å². The van der Waals surface area contributed by atoms with Crippen molar-refractivity contribution in [3.8, 4) is 0 Å². The first-order valence-corrected chi connectivity index (χ1v) is 9.15. The minimum atomic E-state index is 0.194. The van der Waals surface area contributed by atoms with Gasteiger partial charge in [-0.1, -0.05) is 23.7 Å². The Morgan fingerprint density at radius 2 is 1.96 bits per heavy atom. The number of hydrogen-bond donors (Lipinski definition) is 1. The highest BCUT2D eigenvalue weighted by atomic mass is 35.5. The SMILES string of the molecule is O=C(CNCC1CCCO1)N1CCN(Cc2ccc(Cl)cc2)CC1. The summed E-state index contributed by atoms with van der Waals surface area (Å²) in [5.74, 6) is 0.194. The summed E-state index contributed by atoms with van der Waals surface area (Å²) in [7, 11) is 0. The molecule has 2 fully saturated rings. The molecule has 0 aromatic heterocycles. The predicted octanol–water partition coefficient (Wildman–Crippen LogP) is 1.75. The normalized spacial score (nSPS) is 22.0. The van der Waals surface area contributed by atoms with E-state index in [0.29, 0.717) is 6.54 Å². The minimum Gasteiger partial charge on any atom is -0.377 e. The first-order chi connectivity index (χ1) is 11.7. The van der Waals surface area contributed by atoms with Gasteiger partial charge in [0.2, 0.25) is 5.91 Å². The van der Waals surface area contributed by atoms with Crippen molar-refractivity contribution in [3.63, 3.8) is 0 Å². The van der Waals surface area contributed by atoms with Gasteiger partial charge in [0.15, 0.2) is 0 Å². The number of nitrogens with one attached hydrogen (secondary N) is 1. The molecule has 2 saturated heterocycles. The van der Waals surface area contributed by atoms with Crippen molar-refractivity contribution < 1.29 is 9.53 Å². The third-order valence-electron chi connectivity index (χ3n) is 4.72. The van der Waals surface area contributed by atoms with Gasteiger partial charge >= 0.3 is 0 Å². The highest BCUT2D eigenvalue weighted by molar-refractivity contribution is 6.30. The first-order valence-electron chi connectivity index (χ1n) is 8.77. The molecule has 6 heteroatoms. The summed E-state index contributed by atoms with van der Waals surface area (Å²) in [5, 5.41) is 4.01. The summed E-state index contributed by atoms with van der Waals surface area (Å²) in [4.78, 5) is 16.6. The molecule has 0 spiro atoms. The van der Waals surface area contributed by atoms with Crippen molar-refractivity contribution in [2.45, 2.75) is 25.5 Å². The van der Waals surface area contributed by atoms with Gasteiger partial charge in [0, 0.05) is 50.9 Å². The summed E-state index contributed by atoms with van der Waals surface area (Å²) in [6, 6.07) is 7.98. The fraction of sp³-hybridized carbons (Fsp3) is 0.611. The molecule has 1 atom stereocenters. The molecule has 0 bridgehead atoms. The Morgan fingerprint density at radius 3 is 2.62 bits per heavy atom. The second-order valence-corrected chi connectivity index (χ2v) is 6.99. The van der Waals surface area contributed by atoms with E-state index in [1.807, 2.05) is 17.0 Å². The minimum absolute atomic E-state index is 0.194. The van der Waals surface area contributed by atoms with E-state index in [1.165, 1.54) is 5.56 Å². The number of ether oxygens (including phenoxy) is 1. The lowest BCUT2D eigenvalue weighted by Crippen LogP contribution is -2.50. The van der Waals surface area contributed by atoms with E-state index in [0.717, 1.165) is 63.7 Å². The monoisotopic (exact) mass is 351 g/mol. The number of rotatable bonds is 6. The van der Waals surface area contributed by atoms with Gasteiger partial charge in [-0.15, -0.1) is 0 Å². The Kier molecular flexibility index (Phi) is 6.49. The van der Waals surface area contributed by atoms with Crippen LogP contribution in [-0.4, -0.2) is 67.7 Å². The number of piperazine rings is 1. The molecule has 1 amide bonds. The molecule has 1 aromatic rings. The van der Waals surface area contributed by atoms with E-state index >= 15 is 0 Å². The largest absolute Gasteiger partial charge is 0.377 e. The summed E-state index contributed by atoms with van der Waals surface area (Å²) in [6.07, 6.45) is 2.52. The van der Waals surface area contributed by atoms with Crippen LogP contribution in [0, 0.1) is 0 Å². The zero-order valence-electron chi connectivity index (χ0n) is 14.0. The first kappa shape index (κ1) is 17.7. The molecule has 5 nitrogen and oxygen atoms in total. The van der Waals surface area contributed by atoms with Crippen LogP contribution < -0.4 is 5.32 Å². The van der Waals surface area contributed by atoms with E-state index in [1.54, 1.807) is 0 Å². The number of carbonyl (C=O) groups excluding carboxylic acids is 1. The van der Waals surface area contributed by atoms with Crippen molar-refractivity contribution in [2.75, 3.05) is 45.9 Å². The topological polar surface area (TPSA) is 44.8 Å². The number of carbonyl (C=O) groups is 1. The van der Waals surface area contributed by atoms with Crippen molar-refractivity contribution >= 4 is 17.5 Å². The van der Waals surface area contributed by atoms with E-state index in [2.05, 4.69) is 22.3 Å². The van der Waals surface area contributed by atoms with Crippen LogP contribution in [0.2, 0.25) is 5.02 Å². The summed E-state index contributed by atoms with van der Waals surface area (Å²) in [5.41, 5.74) is 1.26. The average molecular weight is 352 g/mol. The molecule has 1 aromatic carbocycles. The average Bonchev–Trinajstić information content (AvgIpc) is 3.11. The number of benzene rings is 1. The molecule has 0 aliphatic carbocycles. The molecule has 1 N–H and O–H groups in total. The highest BCUT2D eigenvalue weighted by Crippen LogP contribution is 2.13. The zero-order valence-corrected chi connectivity index (χ0v) is 14.8. The van der Waals surface area contributed by atoms with Gasteiger partial charge in [0.05, 0.1) is 12.6 Å². The smallest absolute Gasteiger partial charge is 0.236 e. The Bertz CT molecular complexity index is 524. The van der Waals surface area contributed by atoms with Gasteiger partial charge in [-0.05, 0) is 30.5 Å². The second-order valence-electron chi connectivity index (χ2n) is 6.55. The summed E-state index contributed by atoms with van der Waals surface area (Å²) in [6.45, 7) is 6.40. The Labute approximate surface area is 148 Å². The molecule has 2 heterocycles. The molecule has 1 unspecified atom stereocenters. The number of hydrogen-bond acceptors (Lipinski definition) is 4. The second kappa shape index (κ2) is 8.81. The lowest BCUT2D eigenvalue weighted by molar-refractivity contribution is -0.132. The fourth-order valence-corrected chi connectivity index (χ4v) is 3.39. The highest BCUT2D eigenvalue weighted by Gasteiger charge is 2.21. The van der Waals surface area contributed by atoms with Gasteiger partial charge in [-0.2, -0.15) is 0 Å². The van der Waals surface area contributed by atoms with Crippen LogP contribution in [0.1, 0.15) is 18.4 Å². The van der Waals surface area contributed by atoms with Gasteiger partial charge in [-0.3, -0.25) is 9.69 Å². The molecule has 2 aliphatic rings. The molecule has 24 heavy (non-hydrogen) atoms. The van der Waals surface area contributed by atoms with Crippen LogP contribution in [0.15, 0.2) is 24.3 Å². The molecular formula is C18H26ClN3O2. The molecule has 2 aliphatic heterocycles. The van der Waals surface area contributed by atoms with E-state index in [-0.39, 0.29) is 12.0 Å². The van der Waals surface area contributed by atoms with E-state index in [9.17, 15) is 4.79 Å². The molecule has 0 saturated carbocycles. The van der Waals surface area contributed by atoms with Gasteiger partial charge in [0.1, 0.15) is 0 Å². The lowest BCUT2D eigenvalue weighted by atomic mass is 10.2. The van der Waals surface area contributed by atoms with Gasteiger partial charge in [0.25, 0.3) is 0 Å². The van der Waals surface area contributed by atoms with E-state index in [4.69, 9.17) is 16.3 Å². The summed E-state index contributed by atoms with van der Waals surface area (Å²) < 4.78 is 5.56. The van der Waals surface area contributed by atoms with Crippen LogP contribution in [0.3, 0.4) is 0 Å². The van der Waals surface area contributed by atoms with E-state index < -0.39 is 0 Å². The van der Waals surface area contributed by atoms with Crippen molar-refractivity contribution in [1.29, 1.82) is 0 Å². The maximum absolute atomic E-state index is 12.3. The van der Waals surface area contributed by atoms with Crippen LogP contribution in [0.5, 0.6) is 0 Å². The Hall–Kier alpha value is -1.14. The summed E-state index contributed by atoms with van der Waals surface area (Å²) >= 11 is 5.92. The van der Waals surface area contributed by atoms with Crippen molar-refractivity contribution in [3.05, 3.63) is 34.9 Å². The maximum Gasteiger partial charge on any atom is 0.236 e. The third-order valence-corrected chi connectivity index (χ3v) is 4.97. The van der Waals surface area contributed by atoms with Crippen LogP contribution in [0.25, 0.3) is 0 Å². The maximum atomic E-state index is 12.3. The van der Waals surface area contributed by atoms with Crippen molar-refractivity contribution in [1.82, 2.24) is 15.1 Å². The molecule has 3 rings (SSSR count). The standard InChI is InChI=1S/C18H26ClN3O2/c19-16-5-3-15(4-6-16)14-21-7-9-22(10-8-21)18(23)13-20-12-17-2-1-11-24-17/h3-6,17,20H,1-2,7-14H2. The molecule has 132 valence electrons.